The molecule has 1 saturated heterocycles. The summed E-state index contributed by atoms with van der Waals surface area (Å²) in [6.07, 6.45) is 1.28. The monoisotopic (exact) mass is 680 g/mol. The van der Waals surface area contributed by atoms with Gasteiger partial charge in [0.1, 0.15) is 30.5 Å². The lowest BCUT2D eigenvalue weighted by molar-refractivity contribution is -0.139. The molecule has 3 rings (SSSR count). The molecule has 1 aliphatic rings. The first kappa shape index (κ1) is 39.3. The summed E-state index contributed by atoms with van der Waals surface area (Å²) in [5.74, 6) is -2.01. The minimum atomic E-state index is -1.04. The van der Waals surface area contributed by atoms with Crippen molar-refractivity contribution in [2.45, 2.75) is 82.2 Å². The van der Waals surface area contributed by atoms with Crippen molar-refractivity contribution in [1.82, 2.24) is 31.7 Å². The molecule has 2 amide bonds. The Bertz CT molecular complexity index is 1370. The SMILES string of the molecule is N=C(N)c1ccc(CNC(=O)[C@H](CCCNC(N)N)NN2CCC[C@H]2C(=O)N[C@@H](CCCNC(N)N)C(=O)C(=O)Cc2ccccc2)cc1. The summed E-state index contributed by atoms with van der Waals surface area (Å²) in [4.78, 5) is 53.5. The molecule has 268 valence electrons. The third kappa shape index (κ3) is 13.7. The molecule has 49 heavy (non-hydrogen) atoms. The molecule has 0 aliphatic carbocycles. The largest absolute Gasteiger partial charge is 0.384 e. The molecule has 16 nitrogen and oxygen atoms in total. The van der Waals surface area contributed by atoms with E-state index in [1.54, 1.807) is 53.5 Å². The third-order valence-corrected chi connectivity index (χ3v) is 8.14. The van der Waals surface area contributed by atoms with E-state index in [0.717, 1.165) is 5.56 Å². The molecular weight excluding hydrogens is 628 g/mol. The number of nitrogens with one attached hydrogen (secondary N) is 6. The standard InChI is InChI=1S/C33H52N12O4/c34-29(35)23-14-12-22(13-15-23)20-42-30(48)25(10-5-17-41-33(38)39)44-45-18-6-11-26(45)31(49)43-24(9-4-16-40-32(36)37)28(47)27(46)19-21-7-2-1-3-8-21/h1-3,7-8,12-15,24-26,32-33,40-41,44H,4-6,9-11,16-20,36-39H2,(H3,34,35)(H,42,48)(H,43,49)/t24-,25-,26-/m0/s1. The Kier molecular flexibility index (Phi) is 16.4. The Balaban J connectivity index is 1.68. The van der Waals surface area contributed by atoms with Crippen molar-refractivity contribution in [2.75, 3.05) is 19.6 Å². The number of carbonyl (C=O) groups is 4. The number of carbonyl (C=O) groups excluding carboxylic acids is 4. The fraction of sp³-hybridized carbons (Fsp3) is 0.485. The number of nitrogens with two attached hydrogens (primary N) is 5. The number of hydrogen-bond donors (Lipinski definition) is 11. The Hall–Kier alpha value is -4.13. The van der Waals surface area contributed by atoms with Gasteiger partial charge in [0.05, 0.1) is 6.04 Å². The van der Waals surface area contributed by atoms with Crippen molar-refractivity contribution in [3.8, 4) is 0 Å². The van der Waals surface area contributed by atoms with Crippen LogP contribution >= 0.6 is 0 Å². The first-order valence-corrected chi connectivity index (χ1v) is 16.6. The van der Waals surface area contributed by atoms with Crippen LogP contribution in [-0.4, -0.2) is 84.6 Å². The van der Waals surface area contributed by atoms with E-state index in [1.807, 2.05) is 6.07 Å². The number of benzene rings is 2. The molecule has 0 spiro atoms. The predicted molar refractivity (Wildman–Crippen MR) is 187 cm³/mol. The van der Waals surface area contributed by atoms with Crippen LogP contribution in [0.5, 0.6) is 0 Å². The highest BCUT2D eigenvalue weighted by atomic mass is 16.2. The van der Waals surface area contributed by atoms with Crippen LogP contribution in [0.2, 0.25) is 0 Å². The maximum atomic E-state index is 13.7. The molecule has 1 heterocycles. The number of nitrogen functional groups attached to an aromatic ring is 1. The minimum Gasteiger partial charge on any atom is -0.384 e. The Morgan fingerprint density at radius 3 is 2.04 bits per heavy atom. The first-order chi connectivity index (χ1) is 23.4. The first-order valence-electron chi connectivity index (χ1n) is 16.6. The van der Waals surface area contributed by atoms with Gasteiger partial charge in [-0.2, -0.15) is 0 Å². The highest BCUT2D eigenvalue weighted by molar-refractivity contribution is 6.39. The Morgan fingerprint density at radius 1 is 0.837 bits per heavy atom. The summed E-state index contributed by atoms with van der Waals surface area (Å²) in [5.41, 5.74) is 33.2. The quantitative estimate of drug-likeness (QED) is 0.0210. The van der Waals surface area contributed by atoms with Gasteiger partial charge < -0.3 is 39.3 Å². The van der Waals surface area contributed by atoms with Crippen molar-refractivity contribution in [3.63, 3.8) is 0 Å². The molecule has 0 bridgehead atoms. The van der Waals surface area contributed by atoms with Gasteiger partial charge in [0.25, 0.3) is 0 Å². The number of rotatable bonds is 22. The number of amides is 2. The molecule has 1 fully saturated rings. The summed E-state index contributed by atoms with van der Waals surface area (Å²) in [6.45, 7) is 1.60. The van der Waals surface area contributed by atoms with E-state index in [2.05, 4.69) is 26.7 Å². The molecule has 2 aromatic carbocycles. The molecule has 0 unspecified atom stereocenters. The molecule has 0 saturated carbocycles. The highest BCUT2D eigenvalue weighted by Gasteiger charge is 2.36. The van der Waals surface area contributed by atoms with Gasteiger partial charge in [0.2, 0.25) is 23.4 Å². The maximum absolute atomic E-state index is 13.7. The second kappa shape index (κ2) is 20.4. The van der Waals surface area contributed by atoms with Gasteiger partial charge in [0.15, 0.2) is 0 Å². The lowest BCUT2D eigenvalue weighted by Gasteiger charge is -2.30. The van der Waals surface area contributed by atoms with Crippen LogP contribution < -0.4 is 55.4 Å². The fourth-order valence-corrected chi connectivity index (χ4v) is 5.51. The van der Waals surface area contributed by atoms with E-state index < -0.39 is 48.2 Å². The Morgan fingerprint density at radius 2 is 1.45 bits per heavy atom. The van der Waals surface area contributed by atoms with Crippen molar-refractivity contribution in [2.24, 2.45) is 28.7 Å². The third-order valence-electron chi connectivity index (χ3n) is 8.14. The van der Waals surface area contributed by atoms with Crippen molar-refractivity contribution in [3.05, 3.63) is 71.3 Å². The molecule has 1 aliphatic heterocycles. The van der Waals surface area contributed by atoms with Crippen LogP contribution in [0.25, 0.3) is 0 Å². The lowest BCUT2D eigenvalue weighted by Crippen LogP contribution is -2.58. The van der Waals surface area contributed by atoms with Gasteiger partial charge >= 0.3 is 0 Å². The van der Waals surface area contributed by atoms with E-state index in [-0.39, 0.29) is 31.1 Å². The summed E-state index contributed by atoms with van der Waals surface area (Å²) in [6, 6.07) is 13.5. The molecule has 0 radical (unpaired) electrons. The van der Waals surface area contributed by atoms with Gasteiger partial charge in [-0.3, -0.25) is 35.2 Å². The lowest BCUT2D eigenvalue weighted by atomic mass is 9.98. The van der Waals surface area contributed by atoms with Crippen LogP contribution in [0.1, 0.15) is 55.2 Å². The molecule has 16 heteroatoms. The molecule has 3 atom stereocenters. The van der Waals surface area contributed by atoms with Crippen molar-refractivity contribution >= 4 is 29.2 Å². The van der Waals surface area contributed by atoms with E-state index >= 15 is 0 Å². The van der Waals surface area contributed by atoms with Crippen LogP contribution in [-0.2, 0) is 32.1 Å². The van der Waals surface area contributed by atoms with Gasteiger partial charge in [-0.05, 0) is 62.7 Å². The van der Waals surface area contributed by atoms with E-state index in [1.165, 1.54) is 0 Å². The van der Waals surface area contributed by atoms with E-state index in [4.69, 9.17) is 34.1 Å². The van der Waals surface area contributed by atoms with Gasteiger partial charge in [-0.15, -0.1) is 0 Å². The molecule has 0 aromatic heterocycles. The van der Waals surface area contributed by atoms with Crippen LogP contribution in [0.15, 0.2) is 54.6 Å². The number of Topliss-reactive ketones (excluding diaryl/α,β-unsaturated/α-hetero) is 2. The zero-order valence-electron chi connectivity index (χ0n) is 27.8. The Labute approximate surface area is 287 Å². The molecular formula is C33H52N12O4. The second-order valence-corrected chi connectivity index (χ2v) is 12.1. The summed E-state index contributed by atoms with van der Waals surface area (Å²) < 4.78 is 0. The van der Waals surface area contributed by atoms with Crippen molar-refractivity contribution in [1.29, 1.82) is 5.41 Å². The second-order valence-electron chi connectivity index (χ2n) is 12.1. The maximum Gasteiger partial charge on any atom is 0.239 e. The van der Waals surface area contributed by atoms with Gasteiger partial charge in [-0.1, -0.05) is 54.6 Å². The predicted octanol–water partition coefficient (Wildman–Crippen LogP) is -2.07. The van der Waals surface area contributed by atoms with Gasteiger partial charge in [-0.25, -0.2) is 10.4 Å². The van der Waals surface area contributed by atoms with Crippen LogP contribution in [0.4, 0.5) is 0 Å². The smallest absolute Gasteiger partial charge is 0.239 e. The zero-order valence-corrected chi connectivity index (χ0v) is 27.8. The number of hydrogen-bond acceptors (Lipinski definition) is 13. The number of nitrogens with zero attached hydrogens (tertiary/aromatic N) is 1. The molecule has 16 N–H and O–H groups in total. The molecule has 2 aromatic rings. The fourth-order valence-electron chi connectivity index (χ4n) is 5.51. The van der Waals surface area contributed by atoms with Crippen molar-refractivity contribution < 1.29 is 19.2 Å². The average Bonchev–Trinajstić information content (AvgIpc) is 3.54. The van der Waals surface area contributed by atoms with Crippen LogP contribution in [0.3, 0.4) is 0 Å². The number of amidine groups is 1. The summed E-state index contributed by atoms with van der Waals surface area (Å²) >= 11 is 0. The zero-order chi connectivity index (χ0) is 35.8. The highest BCUT2D eigenvalue weighted by Crippen LogP contribution is 2.17. The van der Waals surface area contributed by atoms with Gasteiger partial charge in [0, 0.05) is 25.1 Å². The number of hydrazine groups is 1. The minimum absolute atomic E-state index is 0.0438. The average molecular weight is 681 g/mol. The van der Waals surface area contributed by atoms with Crippen LogP contribution in [0, 0.1) is 5.41 Å². The summed E-state index contributed by atoms with van der Waals surface area (Å²) in [5, 5.41) is 20.9. The summed E-state index contributed by atoms with van der Waals surface area (Å²) in [7, 11) is 0. The van der Waals surface area contributed by atoms with E-state index in [9.17, 15) is 19.2 Å². The normalized spacial score (nSPS) is 16.0. The topological polar surface area (TPSA) is 286 Å². The number of ketones is 2. The van der Waals surface area contributed by atoms with E-state index in [0.29, 0.717) is 62.9 Å².